The molecule has 0 spiro atoms. The molecular weight excluding hydrogens is 236 g/mol. The summed E-state index contributed by atoms with van der Waals surface area (Å²) in [7, 11) is 0. The fourth-order valence-corrected chi connectivity index (χ4v) is 2.63. The zero-order valence-electron chi connectivity index (χ0n) is 11.1. The molecule has 2 N–H and O–H groups in total. The Kier molecular flexibility index (Phi) is 3.03. The number of nitrogens with zero attached hydrogens (tertiary/aromatic N) is 1. The van der Waals surface area contributed by atoms with Gasteiger partial charge < -0.3 is 15.4 Å². The summed E-state index contributed by atoms with van der Waals surface area (Å²) in [5, 5.41) is 0. The highest BCUT2D eigenvalue weighted by atomic mass is 16.5. The zero-order chi connectivity index (χ0) is 13.2. The van der Waals surface area contributed by atoms with Crippen LogP contribution in [-0.4, -0.2) is 13.2 Å². The topological polar surface area (TPSA) is 38.5 Å². The summed E-state index contributed by atoms with van der Waals surface area (Å²) in [5.41, 5.74) is 10.5. The number of nitrogen functional groups attached to an aromatic ring is 1. The molecule has 1 aliphatic heterocycles. The molecule has 0 amide bonds. The van der Waals surface area contributed by atoms with Gasteiger partial charge in [0.05, 0.1) is 17.9 Å². The van der Waals surface area contributed by atoms with Crippen molar-refractivity contribution in [2.45, 2.75) is 13.5 Å². The maximum atomic E-state index is 6.14. The Labute approximate surface area is 113 Å². The van der Waals surface area contributed by atoms with Crippen LogP contribution in [0.2, 0.25) is 0 Å². The number of hydrogen-bond donors (Lipinski definition) is 1. The van der Waals surface area contributed by atoms with E-state index >= 15 is 0 Å². The number of nitrogens with two attached hydrogens (primary N) is 1. The lowest BCUT2D eigenvalue weighted by Crippen LogP contribution is -2.26. The summed E-state index contributed by atoms with van der Waals surface area (Å²) in [6, 6.07) is 14.3. The van der Waals surface area contributed by atoms with Gasteiger partial charge in [-0.3, -0.25) is 0 Å². The van der Waals surface area contributed by atoms with Gasteiger partial charge in [-0.15, -0.1) is 0 Å². The molecule has 98 valence electrons. The predicted octanol–water partition coefficient (Wildman–Crippen LogP) is 2.98. The molecule has 0 fully saturated rings. The van der Waals surface area contributed by atoms with Crippen molar-refractivity contribution in [1.82, 2.24) is 0 Å². The maximum Gasteiger partial charge on any atom is 0.124 e. The van der Waals surface area contributed by atoms with Gasteiger partial charge in [-0.25, -0.2) is 0 Å². The predicted molar refractivity (Wildman–Crippen MR) is 78.6 cm³/mol. The van der Waals surface area contributed by atoms with E-state index in [0.717, 1.165) is 30.2 Å². The van der Waals surface area contributed by atoms with Crippen molar-refractivity contribution in [3.05, 3.63) is 53.6 Å². The molecule has 2 aromatic carbocycles. The molecule has 0 radical (unpaired) electrons. The van der Waals surface area contributed by atoms with Gasteiger partial charge >= 0.3 is 0 Å². The lowest BCUT2D eigenvalue weighted by atomic mass is 10.1. The van der Waals surface area contributed by atoms with Crippen LogP contribution in [0.5, 0.6) is 5.75 Å². The second-order valence-corrected chi connectivity index (χ2v) is 4.89. The summed E-state index contributed by atoms with van der Waals surface area (Å²) < 4.78 is 5.80. The molecule has 0 bridgehead atoms. The van der Waals surface area contributed by atoms with E-state index in [1.54, 1.807) is 0 Å². The smallest absolute Gasteiger partial charge is 0.124 e. The van der Waals surface area contributed by atoms with E-state index < -0.39 is 0 Å². The van der Waals surface area contributed by atoms with Crippen molar-refractivity contribution >= 4 is 11.4 Å². The fourth-order valence-electron chi connectivity index (χ4n) is 2.63. The summed E-state index contributed by atoms with van der Waals surface area (Å²) in [4.78, 5) is 2.30. The number of para-hydroxylation sites is 2. The summed E-state index contributed by atoms with van der Waals surface area (Å²) >= 11 is 0. The Morgan fingerprint density at radius 3 is 2.79 bits per heavy atom. The molecule has 1 heterocycles. The average Bonchev–Trinajstić information content (AvgIpc) is 2.60. The first kappa shape index (κ1) is 11.9. The fraction of sp³-hybridized carbons (Fsp3) is 0.250. The Bertz CT molecular complexity index is 575. The third-order valence-electron chi connectivity index (χ3n) is 3.54. The molecule has 0 unspecified atom stereocenters. The molecular formula is C16H18N2O. The van der Waals surface area contributed by atoms with Crippen LogP contribution in [0.1, 0.15) is 11.1 Å². The molecule has 0 aliphatic carbocycles. The van der Waals surface area contributed by atoms with Crippen molar-refractivity contribution in [1.29, 1.82) is 0 Å². The van der Waals surface area contributed by atoms with Gasteiger partial charge in [-0.1, -0.05) is 30.3 Å². The molecule has 2 aromatic rings. The van der Waals surface area contributed by atoms with Crippen molar-refractivity contribution in [3.8, 4) is 5.75 Å². The zero-order valence-corrected chi connectivity index (χ0v) is 11.1. The Hall–Kier alpha value is -2.16. The quantitative estimate of drug-likeness (QED) is 0.795. The molecule has 19 heavy (non-hydrogen) atoms. The first-order valence-electron chi connectivity index (χ1n) is 6.56. The molecule has 1 aliphatic rings. The number of fused-ring (bicyclic) bond motifs is 1. The lowest BCUT2D eigenvalue weighted by Gasteiger charge is -2.25. The minimum atomic E-state index is 0.685. The largest absolute Gasteiger partial charge is 0.491 e. The summed E-state index contributed by atoms with van der Waals surface area (Å²) in [6.07, 6.45) is 0. The average molecular weight is 254 g/mol. The van der Waals surface area contributed by atoms with Crippen molar-refractivity contribution in [3.63, 3.8) is 0 Å². The number of benzene rings is 2. The number of aryl methyl sites for hydroxylation is 1. The van der Waals surface area contributed by atoms with E-state index in [2.05, 4.69) is 24.0 Å². The van der Waals surface area contributed by atoms with Crippen molar-refractivity contribution in [2.24, 2.45) is 0 Å². The van der Waals surface area contributed by atoms with Crippen molar-refractivity contribution < 1.29 is 4.74 Å². The first-order valence-corrected chi connectivity index (χ1v) is 6.56. The van der Waals surface area contributed by atoms with E-state index in [0.29, 0.717) is 6.61 Å². The molecule has 3 rings (SSSR count). The highest BCUT2D eigenvalue weighted by Gasteiger charge is 2.18. The molecule has 0 saturated carbocycles. The molecule has 0 atom stereocenters. The SMILES string of the molecule is Cc1cccc(N)c1N1CCOc2ccccc2C1. The van der Waals surface area contributed by atoms with Crippen LogP contribution in [0.3, 0.4) is 0 Å². The van der Waals surface area contributed by atoms with Crippen LogP contribution < -0.4 is 15.4 Å². The highest BCUT2D eigenvalue weighted by Crippen LogP contribution is 2.31. The highest BCUT2D eigenvalue weighted by molar-refractivity contribution is 5.71. The Morgan fingerprint density at radius 2 is 1.95 bits per heavy atom. The second kappa shape index (κ2) is 4.84. The standard InChI is InChI=1S/C16H18N2O/c1-12-5-4-7-14(17)16(12)18-9-10-19-15-8-3-2-6-13(15)11-18/h2-8H,9-11,17H2,1H3. The van der Waals surface area contributed by atoms with Gasteiger partial charge in [0.1, 0.15) is 12.4 Å². The van der Waals surface area contributed by atoms with Gasteiger partial charge in [0.25, 0.3) is 0 Å². The van der Waals surface area contributed by atoms with Gasteiger partial charge in [0.2, 0.25) is 0 Å². The summed E-state index contributed by atoms with van der Waals surface area (Å²) in [6.45, 7) is 4.48. The Morgan fingerprint density at radius 1 is 1.11 bits per heavy atom. The number of rotatable bonds is 1. The van der Waals surface area contributed by atoms with Gasteiger partial charge in [0.15, 0.2) is 0 Å². The van der Waals surface area contributed by atoms with Crippen LogP contribution in [0.15, 0.2) is 42.5 Å². The molecule has 0 saturated heterocycles. The van der Waals surface area contributed by atoms with Gasteiger partial charge in [0, 0.05) is 12.1 Å². The number of anilines is 2. The van der Waals surface area contributed by atoms with E-state index in [-0.39, 0.29) is 0 Å². The van der Waals surface area contributed by atoms with Gasteiger partial charge in [-0.2, -0.15) is 0 Å². The summed E-state index contributed by atoms with van der Waals surface area (Å²) in [5.74, 6) is 0.983. The lowest BCUT2D eigenvalue weighted by molar-refractivity contribution is 0.331. The minimum Gasteiger partial charge on any atom is -0.491 e. The van der Waals surface area contributed by atoms with Gasteiger partial charge in [-0.05, 0) is 24.6 Å². The van der Waals surface area contributed by atoms with Crippen LogP contribution in [0.4, 0.5) is 11.4 Å². The second-order valence-electron chi connectivity index (χ2n) is 4.89. The van der Waals surface area contributed by atoms with E-state index in [1.165, 1.54) is 11.1 Å². The molecule has 3 nitrogen and oxygen atoms in total. The number of hydrogen-bond acceptors (Lipinski definition) is 3. The van der Waals surface area contributed by atoms with E-state index in [4.69, 9.17) is 10.5 Å². The third-order valence-corrected chi connectivity index (χ3v) is 3.54. The van der Waals surface area contributed by atoms with E-state index in [1.807, 2.05) is 30.3 Å². The molecule has 0 aromatic heterocycles. The van der Waals surface area contributed by atoms with Crippen molar-refractivity contribution in [2.75, 3.05) is 23.8 Å². The van der Waals surface area contributed by atoms with Crippen LogP contribution >= 0.6 is 0 Å². The first-order chi connectivity index (χ1) is 9.25. The van der Waals surface area contributed by atoms with Crippen LogP contribution in [-0.2, 0) is 6.54 Å². The van der Waals surface area contributed by atoms with Crippen LogP contribution in [0, 0.1) is 6.92 Å². The Balaban J connectivity index is 1.99. The normalized spacial score (nSPS) is 14.5. The third kappa shape index (κ3) is 2.24. The minimum absolute atomic E-state index is 0.685. The van der Waals surface area contributed by atoms with E-state index in [9.17, 15) is 0 Å². The maximum absolute atomic E-state index is 6.14. The monoisotopic (exact) mass is 254 g/mol. The molecule has 3 heteroatoms. The number of ether oxygens (including phenoxy) is 1. The van der Waals surface area contributed by atoms with Crippen LogP contribution in [0.25, 0.3) is 0 Å².